The first-order valence-corrected chi connectivity index (χ1v) is 7.37. The summed E-state index contributed by atoms with van der Waals surface area (Å²) in [6.45, 7) is 3.94. The van der Waals surface area contributed by atoms with Gasteiger partial charge >= 0.3 is 0 Å². The number of carbonyl (C=O) groups excluding carboxylic acids is 1. The van der Waals surface area contributed by atoms with Gasteiger partial charge in [-0.3, -0.25) is 9.48 Å². The maximum absolute atomic E-state index is 12.3. The average molecular weight is 303 g/mol. The molecule has 0 radical (unpaired) electrons. The number of thiophene rings is 1. The molecule has 5 nitrogen and oxygen atoms in total. The summed E-state index contributed by atoms with van der Waals surface area (Å²) in [6.07, 6.45) is 0. The van der Waals surface area contributed by atoms with Gasteiger partial charge in [0.1, 0.15) is 6.61 Å². The number of aliphatic hydroxyl groups excluding tert-OH is 1. The molecular formula is C15H17N3O2S. The van der Waals surface area contributed by atoms with E-state index in [4.69, 9.17) is 5.11 Å². The van der Waals surface area contributed by atoms with Crippen molar-refractivity contribution in [1.82, 2.24) is 15.1 Å². The third-order valence-electron chi connectivity index (χ3n) is 3.19. The SMILES string of the molecule is Cc1nn(C)c(C)c1C(=O)NCc1sccc1C#CCO. The molecule has 0 bridgehead atoms. The standard InChI is InChI=1S/C15H17N3O2S/c1-10-14(11(2)18(3)17-10)15(20)16-9-13-12(5-4-7-19)6-8-21-13/h6,8,19H,7,9H2,1-3H3,(H,16,20). The molecule has 0 atom stereocenters. The van der Waals surface area contributed by atoms with Crippen LogP contribution in [0.3, 0.4) is 0 Å². The highest BCUT2D eigenvalue weighted by atomic mass is 32.1. The van der Waals surface area contributed by atoms with Gasteiger partial charge < -0.3 is 10.4 Å². The lowest BCUT2D eigenvalue weighted by Crippen LogP contribution is -2.24. The van der Waals surface area contributed by atoms with Crippen molar-refractivity contribution in [2.24, 2.45) is 7.05 Å². The maximum Gasteiger partial charge on any atom is 0.255 e. The molecule has 0 saturated heterocycles. The molecule has 0 aliphatic carbocycles. The fraction of sp³-hybridized carbons (Fsp3) is 0.333. The van der Waals surface area contributed by atoms with Crippen molar-refractivity contribution in [2.75, 3.05) is 6.61 Å². The van der Waals surface area contributed by atoms with Gasteiger partial charge in [0.15, 0.2) is 0 Å². The van der Waals surface area contributed by atoms with E-state index in [1.807, 2.05) is 32.3 Å². The number of nitrogens with zero attached hydrogens (tertiary/aromatic N) is 2. The molecule has 0 aliphatic rings. The lowest BCUT2D eigenvalue weighted by Gasteiger charge is -2.05. The van der Waals surface area contributed by atoms with Crippen molar-refractivity contribution in [2.45, 2.75) is 20.4 Å². The molecule has 2 N–H and O–H groups in total. The van der Waals surface area contributed by atoms with Gasteiger partial charge in [-0.1, -0.05) is 11.8 Å². The highest BCUT2D eigenvalue weighted by Gasteiger charge is 2.17. The van der Waals surface area contributed by atoms with Gasteiger partial charge in [-0.05, 0) is 25.3 Å². The van der Waals surface area contributed by atoms with E-state index >= 15 is 0 Å². The number of rotatable bonds is 3. The first kappa shape index (κ1) is 15.3. The van der Waals surface area contributed by atoms with Crippen molar-refractivity contribution in [3.05, 3.63) is 38.8 Å². The molecule has 21 heavy (non-hydrogen) atoms. The van der Waals surface area contributed by atoms with Crippen LogP contribution in [0.2, 0.25) is 0 Å². The molecule has 0 spiro atoms. The molecule has 2 aromatic rings. The molecule has 0 unspecified atom stereocenters. The van der Waals surface area contributed by atoms with Gasteiger partial charge in [-0.2, -0.15) is 5.10 Å². The Kier molecular flexibility index (Phi) is 4.78. The number of nitrogens with one attached hydrogen (secondary N) is 1. The Morgan fingerprint density at radius 2 is 2.29 bits per heavy atom. The van der Waals surface area contributed by atoms with Crippen molar-refractivity contribution >= 4 is 17.2 Å². The van der Waals surface area contributed by atoms with Crippen LogP contribution in [0.15, 0.2) is 11.4 Å². The van der Waals surface area contributed by atoms with Crippen molar-refractivity contribution in [3.8, 4) is 11.8 Å². The van der Waals surface area contributed by atoms with E-state index in [-0.39, 0.29) is 12.5 Å². The third-order valence-corrected chi connectivity index (χ3v) is 4.11. The number of aromatic nitrogens is 2. The number of hydrogen-bond donors (Lipinski definition) is 2. The van der Waals surface area contributed by atoms with E-state index in [0.29, 0.717) is 12.1 Å². The number of aliphatic hydroxyl groups is 1. The van der Waals surface area contributed by atoms with E-state index in [1.54, 1.807) is 4.68 Å². The summed E-state index contributed by atoms with van der Waals surface area (Å²) in [5.74, 6) is 5.36. The van der Waals surface area contributed by atoms with Crippen LogP contribution < -0.4 is 5.32 Å². The van der Waals surface area contributed by atoms with Gasteiger partial charge in [0, 0.05) is 23.2 Å². The highest BCUT2D eigenvalue weighted by molar-refractivity contribution is 7.10. The molecule has 0 aromatic carbocycles. The van der Waals surface area contributed by atoms with Crippen molar-refractivity contribution < 1.29 is 9.90 Å². The lowest BCUT2D eigenvalue weighted by atomic mass is 10.2. The predicted octanol–water partition coefficient (Wildman–Crippen LogP) is 1.37. The Morgan fingerprint density at radius 3 is 2.90 bits per heavy atom. The van der Waals surface area contributed by atoms with Crippen LogP contribution in [-0.2, 0) is 13.6 Å². The Balaban J connectivity index is 2.10. The molecule has 2 aromatic heterocycles. The van der Waals surface area contributed by atoms with E-state index in [1.165, 1.54) is 11.3 Å². The minimum absolute atomic E-state index is 0.132. The van der Waals surface area contributed by atoms with E-state index < -0.39 is 0 Å². The quantitative estimate of drug-likeness (QED) is 0.842. The Hall–Kier alpha value is -2.10. The van der Waals surface area contributed by atoms with E-state index in [0.717, 1.165) is 21.8 Å². The largest absolute Gasteiger partial charge is 0.384 e. The molecular weight excluding hydrogens is 286 g/mol. The van der Waals surface area contributed by atoms with Crippen molar-refractivity contribution in [1.29, 1.82) is 0 Å². The fourth-order valence-electron chi connectivity index (χ4n) is 2.07. The Bertz CT molecular complexity index is 719. The number of hydrogen-bond acceptors (Lipinski definition) is 4. The second-order valence-corrected chi connectivity index (χ2v) is 5.57. The third kappa shape index (κ3) is 3.32. The molecule has 0 saturated carbocycles. The molecule has 2 rings (SSSR count). The second kappa shape index (κ2) is 6.57. The minimum Gasteiger partial charge on any atom is -0.384 e. The zero-order chi connectivity index (χ0) is 15.4. The number of aryl methyl sites for hydroxylation is 2. The highest BCUT2D eigenvalue weighted by Crippen LogP contribution is 2.16. The van der Waals surface area contributed by atoms with Crippen LogP contribution in [0.5, 0.6) is 0 Å². The molecule has 2 heterocycles. The van der Waals surface area contributed by atoms with Crippen molar-refractivity contribution in [3.63, 3.8) is 0 Å². The zero-order valence-corrected chi connectivity index (χ0v) is 13.0. The predicted molar refractivity (Wildman–Crippen MR) is 82.1 cm³/mol. The molecule has 110 valence electrons. The van der Waals surface area contributed by atoms with E-state index in [2.05, 4.69) is 22.3 Å². The van der Waals surface area contributed by atoms with Crippen LogP contribution in [0.1, 0.15) is 32.2 Å². The summed E-state index contributed by atoms with van der Waals surface area (Å²) in [6, 6.07) is 1.88. The zero-order valence-electron chi connectivity index (χ0n) is 12.2. The smallest absolute Gasteiger partial charge is 0.255 e. The summed E-state index contributed by atoms with van der Waals surface area (Å²) >= 11 is 1.53. The van der Waals surface area contributed by atoms with Crippen LogP contribution in [-0.4, -0.2) is 27.4 Å². The summed E-state index contributed by atoms with van der Waals surface area (Å²) in [7, 11) is 1.82. The Morgan fingerprint density at radius 1 is 1.52 bits per heavy atom. The van der Waals surface area contributed by atoms with Gasteiger partial charge in [0.2, 0.25) is 0 Å². The van der Waals surface area contributed by atoms with E-state index in [9.17, 15) is 4.79 Å². The number of carbonyl (C=O) groups is 1. The van der Waals surface area contributed by atoms with Gasteiger partial charge in [-0.15, -0.1) is 11.3 Å². The first-order valence-electron chi connectivity index (χ1n) is 6.49. The summed E-state index contributed by atoms with van der Waals surface area (Å²) in [4.78, 5) is 13.3. The molecule has 0 fully saturated rings. The summed E-state index contributed by atoms with van der Waals surface area (Å²) < 4.78 is 1.70. The molecule has 1 amide bonds. The first-order chi connectivity index (χ1) is 10.0. The monoisotopic (exact) mass is 303 g/mol. The summed E-state index contributed by atoms with van der Waals surface area (Å²) in [5, 5.41) is 17.8. The average Bonchev–Trinajstić information content (AvgIpc) is 2.99. The molecule has 6 heteroatoms. The van der Waals surface area contributed by atoms with Crippen LogP contribution in [0.25, 0.3) is 0 Å². The number of amides is 1. The van der Waals surface area contributed by atoms with Crippen LogP contribution in [0, 0.1) is 25.7 Å². The van der Waals surface area contributed by atoms with Crippen LogP contribution in [0.4, 0.5) is 0 Å². The lowest BCUT2D eigenvalue weighted by molar-refractivity contribution is 0.0950. The minimum atomic E-state index is -0.171. The van der Waals surface area contributed by atoms with Gasteiger partial charge in [-0.25, -0.2) is 0 Å². The topological polar surface area (TPSA) is 67.2 Å². The maximum atomic E-state index is 12.3. The summed E-state index contributed by atoms with van der Waals surface area (Å²) in [5.41, 5.74) is 3.03. The normalized spacial score (nSPS) is 10.1. The fourth-order valence-corrected chi connectivity index (χ4v) is 2.84. The Labute approximate surface area is 127 Å². The molecule has 0 aliphatic heterocycles. The van der Waals surface area contributed by atoms with Crippen LogP contribution >= 0.6 is 11.3 Å². The van der Waals surface area contributed by atoms with Gasteiger partial charge in [0.25, 0.3) is 5.91 Å². The second-order valence-electron chi connectivity index (χ2n) is 4.57. The van der Waals surface area contributed by atoms with Gasteiger partial charge in [0.05, 0.1) is 17.8 Å².